The van der Waals surface area contributed by atoms with Crippen LogP contribution in [0.5, 0.6) is 0 Å². The summed E-state index contributed by atoms with van der Waals surface area (Å²) in [5.41, 5.74) is 4.14. The highest BCUT2D eigenvalue weighted by Gasteiger charge is 2.12. The topological polar surface area (TPSA) is 12.0 Å². The number of nitrogens with one attached hydrogen (secondary N) is 1. The third kappa shape index (κ3) is 5.29. The lowest BCUT2D eigenvalue weighted by molar-refractivity contribution is 0.576. The Labute approximate surface area is 136 Å². The molecular formula is C19H24BrN. The summed E-state index contributed by atoms with van der Waals surface area (Å²) in [6, 6.07) is 17.6. The first-order chi connectivity index (χ1) is 10.2. The molecule has 21 heavy (non-hydrogen) atoms. The molecule has 0 saturated carbocycles. The monoisotopic (exact) mass is 345 g/mol. The van der Waals surface area contributed by atoms with Crippen LogP contribution in [0.3, 0.4) is 0 Å². The van der Waals surface area contributed by atoms with Crippen LogP contribution in [0.2, 0.25) is 0 Å². The van der Waals surface area contributed by atoms with Crippen molar-refractivity contribution in [3.63, 3.8) is 0 Å². The number of rotatable bonds is 7. The number of aryl methyl sites for hydroxylation is 1. The zero-order valence-corrected chi connectivity index (χ0v) is 14.5. The lowest BCUT2D eigenvalue weighted by Crippen LogP contribution is -2.23. The largest absolute Gasteiger partial charge is 0.316 e. The molecule has 2 heteroatoms. The average molecular weight is 346 g/mol. The molecule has 1 N–H and O–H groups in total. The van der Waals surface area contributed by atoms with Crippen molar-refractivity contribution in [2.75, 3.05) is 13.1 Å². The van der Waals surface area contributed by atoms with Crippen LogP contribution in [0, 0.1) is 6.92 Å². The first kappa shape index (κ1) is 16.3. The predicted octanol–water partition coefficient (Wildman–Crippen LogP) is 5.08. The highest BCUT2D eigenvalue weighted by atomic mass is 79.9. The minimum Gasteiger partial charge on any atom is -0.316 e. The Balaban J connectivity index is 2.11. The molecule has 0 aliphatic carbocycles. The van der Waals surface area contributed by atoms with Gasteiger partial charge in [-0.25, -0.2) is 0 Å². The maximum Gasteiger partial charge on any atom is 0.0175 e. The fourth-order valence-electron chi connectivity index (χ4n) is 2.50. The molecule has 1 unspecified atom stereocenters. The van der Waals surface area contributed by atoms with E-state index >= 15 is 0 Å². The third-order valence-corrected chi connectivity index (χ3v) is 4.29. The maximum atomic E-state index is 3.57. The number of hydrogen-bond acceptors (Lipinski definition) is 1. The Kier molecular flexibility index (Phi) is 6.47. The zero-order chi connectivity index (χ0) is 15.1. The van der Waals surface area contributed by atoms with E-state index in [0.717, 1.165) is 24.0 Å². The Morgan fingerprint density at radius 1 is 1.00 bits per heavy atom. The van der Waals surface area contributed by atoms with Gasteiger partial charge in [-0.05, 0) is 49.6 Å². The molecule has 1 atom stereocenters. The Morgan fingerprint density at radius 2 is 1.67 bits per heavy atom. The van der Waals surface area contributed by atoms with Crippen LogP contribution in [-0.2, 0) is 6.42 Å². The predicted molar refractivity (Wildman–Crippen MR) is 94.9 cm³/mol. The molecule has 1 nitrogen and oxygen atoms in total. The molecule has 0 aliphatic heterocycles. The van der Waals surface area contributed by atoms with E-state index in [0.29, 0.717) is 5.92 Å². The molecule has 0 radical (unpaired) electrons. The molecule has 0 bridgehead atoms. The summed E-state index contributed by atoms with van der Waals surface area (Å²) in [5.74, 6) is 0.521. The first-order valence-corrected chi connectivity index (χ1v) is 8.50. The Morgan fingerprint density at radius 3 is 2.29 bits per heavy atom. The SMILES string of the molecule is CCCNCC(Cc1ccc(C)cc1)c1ccc(Br)cc1. The van der Waals surface area contributed by atoms with Gasteiger partial charge >= 0.3 is 0 Å². The second-order valence-electron chi connectivity index (χ2n) is 5.64. The molecular weight excluding hydrogens is 322 g/mol. The molecule has 0 heterocycles. The lowest BCUT2D eigenvalue weighted by Gasteiger charge is -2.18. The summed E-state index contributed by atoms with van der Waals surface area (Å²) in [7, 11) is 0. The highest BCUT2D eigenvalue weighted by Crippen LogP contribution is 2.22. The van der Waals surface area contributed by atoms with Crippen LogP contribution >= 0.6 is 15.9 Å². The summed E-state index contributed by atoms with van der Waals surface area (Å²) in [5, 5.41) is 3.57. The Hall–Kier alpha value is -1.12. The van der Waals surface area contributed by atoms with Gasteiger partial charge in [-0.15, -0.1) is 0 Å². The zero-order valence-electron chi connectivity index (χ0n) is 12.9. The fraction of sp³-hybridized carbons (Fsp3) is 0.368. The number of benzene rings is 2. The minimum absolute atomic E-state index is 0.521. The van der Waals surface area contributed by atoms with Crippen molar-refractivity contribution in [2.45, 2.75) is 32.6 Å². The van der Waals surface area contributed by atoms with E-state index < -0.39 is 0 Å². The summed E-state index contributed by atoms with van der Waals surface area (Å²) in [4.78, 5) is 0. The lowest BCUT2D eigenvalue weighted by atomic mass is 9.91. The van der Waals surface area contributed by atoms with E-state index in [9.17, 15) is 0 Å². The molecule has 2 aromatic rings. The van der Waals surface area contributed by atoms with Crippen molar-refractivity contribution < 1.29 is 0 Å². The van der Waals surface area contributed by atoms with E-state index in [4.69, 9.17) is 0 Å². The van der Waals surface area contributed by atoms with Crippen LogP contribution in [0.15, 0.2) is 53.0 Å². The summed E-state index contributed by atoms with van der Waals surface area (Å²) >= 11 is 3.52. The van der Waals surface area contributed by atoms with Gasteiger partial charge in [-0.2, -0.15) is 0 Å². The van der Waals surface area contributed by atoms with Gasteiger partial charge in [0.1, 0.15) is 0 Å². The molecule has 0 spiro atoms. The molecule has 0 saturated heterocycles. The van der Waals surface area contributed by atoms with Crippen LogP contribution in [0.25, 0.3) is 0 Å². The molecule has 0 amide bonds. The second kappa shape index (κ2) is 8.35. The Bertz CT molecular complexity index is 530. The van der Waals surface area contributed by atoms with Gasteiger partial charge in [0.15, 0.2) is 0 Å². The summed E-state index contributed by atoms with van der Waals surface area (Å²) in [6.45, 7) is 6.46. The van der Waals surface area contributed by atoms with Gasteiger partial charge in [0.25, 0.3) is 0 Å². The van der Waals surface area contributed by atoms with E-state index in [1.807, 2.05) is 0 Å². The second-order valence-corrected chi connectivity index (χ2v) is 6.56. The van der Waals surface area contributed by atoms with Crippen molar-refractivity contribution in [3.8, 4) is 0 Å². The summed E-state index contributed by atoms with van der Waals surface area (Å²) in [6.07, 6.45) is 2.26. The molecule has 0 aliphatic rings. The highest BCUT2D eigenvalue weighted by molar-refractivity contribution is 9.10. The quantitative estimate of drug-likeness (QED) is 0.689. The molecule has 112 valence electrons. The van der Waals surface area contributed by atoms with Gasteiger partial charge in [-0.3, -0.25) is 0 Å². The van der Waals surface area contributed by atoms with Crippen molar-refractivity contribution in [1.82, 2.24) is 5.32 Å². The maximum absolute atomic E-state index is 3.57. The average Bonchev–Trinajstić information content (AvgIpc) is 2.49. The molecule has 2 aromatic carbocycles. The number of halogens is 1. The summed E-state index contributed by atoms with van der Waals surface area (Å²) < 4.78 is 1.14. The van der Waals surface area contributed by atoms with E-state index in [-0.39, 0.29) is 0 Å². The van der Waals surface area contributed by atoms with Gasteiger partial charge in [0, 0.05) is 16.9 Å². The van der Waals surface area contributed by atoms with Gasteiger partial charge in [0.05, 0.1) is 0 Å². The van der Waals surface area contributed by atoms with Crippen LogP contribution in [0.4, 0.5) is 0 Å². The van der Waals surface area contributed by atoms with E-state index in [2.05, 4.69) is 83.6 Å². The van der Waals surface area contributed by atoms with Gasteiger partial charge in [-0.1, -0.05) is 64.8 Å². The third-order valence-electron chi connectivity index (χ3n) is 3.76. The van der Waals surface area contributed by atoms with E-state index in [1.54, 1.807) is 0 Å². The van der Waals surface area contributed by atoms with E-state index in [1.165, 1.54) is 23.1 Å². The normalized spacial score (nSPS) is 12.3. The standard InChI is InChI=1S/C19H24BrN/c1-3-12-21-14-18(17-8-10-19(20)11-9-17)13-16-6-4-15(2)5-7-16/h4-11,18,21H,3,12-14H2,1-2H3. The molecule has 0 aromatic heterocycles. The minimum atomic E-state index is 0.521. The smallest absolute Gasteiger partial charge is 0.0175 e. The van der Waals surface area contributed by atoms with Crippen molar-refractivity contribution >= 4 is 15.9 Å². The fourth-order valence-corrected chi connectivity index (χ4v) is 2.77. The molecule has 0 fully saturated rings. The van der Waals surface area contributed by atoms with Gasteiger partial charge in [0.2, 0.25) is 0 Å². The van der Waals surface area contributed by atoms with Crippen molar-refractivity contribution in [1.29, 1.82) is 0 Å². The van der Waals surface area contributed by atoms with Crippen LogP contribution < -0.4 is 5.32 Å². The first-order valence-electron chi connectivity index (χ1n) is 7.70. The van der Waals surface area contributed by atoms with Crippen molar-refractivity contribution in [3.05, 3.63) is 69.7 Å². The molecule has 2 rings (SSSR count). The van der Waals surface area contributed by atoms with Crippen molar-refractivity contribution in [2.24, 2.45) is 0 Å². The number of hydrogen-bond donors (Lipinski definition) is 1. The van der Waals surface area contributed by atoms with Crippen LogP contribution in [0.1, 0.15) is 36.0 Å². The van der Waals surface area contributed by atoms with Crippen LogP contribution in [-0.4, -0.2) is 13.1 Å². The van der Waals surface area contributed by atoms with Gasteiger partial charge < -0.3 is 5.32 Å².